The van der Waals surface area contributed by atoms with E-state index in [1.807, 2.05) is 60.3 Å². The van der Waals surface area contributed by atoms with Gasteiger partial charge in [-0.05, 0) is 23.8 Å². The number of carbonyl (C=O) groups excluding carboxylic acids is 1. The molecule has 0 saturated carbocycles. The van der Waals surface area contributed by atoms with Crippen molar-refractivity contribution in [1.29, 1.82) is 0 Å². The Kier molecular flexibility index (Phi) is 5.67. The minimum Gasteiger partial charge on any atom is -0.389 e. The lowest BCUT2D eigenvalue weighted by Crippen LogP contribution is -2.51. The molecule has 0 bridgehead atoms. The van der Waals surface area contributed by atoms with E-state index < -0.39 is 18.4 Å². The Morgan fingerprint density at radius 2 is 2.03 bits per heavy atom. The molecule has 0 aliphatic carbocycles. The van der Waals surface area contributed by atoms with Gasteiger partial charge in [-0.2, -0.15) is 5.10 Å². The number of hydrogen-bond acceptors (Lipinski definition) is 6. The van der Waals surface area contributed by atoms with E-state index in [-0.39, 0.29) is 18.9 Å². The van der Waals surface area contributed by atoms with Gasteiger partial charge in [0, 0.05) is 44.2 Å². The topological polar surface area (TPSA) is 114 Å². The highest BCUT2D eigenvalue weighted by atomic mass is 16.6. The van der Waals surface area contributed by atoms with Crippen molar-refractivity contribution < 1.29 is 19.7 Å². The number of nitrogens with zero attached hydrogens (tertiary/aromatic N) is 4. The lowest BCUT2D eigenvalue weighted by atomic mass is 10.0. The Morgan fingerprint density at radius 3 is 2.79 bits per heavy atom. The predicted molar refractivity (Wildman–Crippen MR) is 121 cm³/mol. The van der Waals surface area contributed by atoms with Crippen molar-refractivity contribution in [3.8, 4) is 11.3 Å². The van der Waals surface area contributed by atoms with Gasteiger partial charge in [-0.25, -0.2) is 0 Å². The Balaban J connectivity index is 1.39. The van der Waals surface area contributed by atoms with E-state index in [1.165, 1.54) is 0 Å². The van der Waals surface area contributed by atoms with Crippen LogP contribution in [0, 0.1) is 0 Å². The molecule has 1 saturated heterocycles. The molecule has 0 spiro atoms. The molecule has 3 N–H and O–H groups in total. The second-order valence-electron chi connectivity index (χ2n) is 8.28. The van der Waals surface area contributed by atoms with Crippen LogP contribution in [-0.2, 0) is 18.3 Å². The second-order valence-corrected chi connectivity index (χ2v) is 8.28. The van der Waals surface area contributed by atoms with Gasteiger partial charge in [0.2, 0.25) is 0 Å². The van der Waals surface area contributed by atoms with Gasteiger partial charge in [0.1, 0.15) is 5.52 Å². The molecule has 4 aromatic rings. The molecule has 9 heteroatoms. The number of aryl methyl sites for hydroxylation is 1. The number of hydrogen-bond donors (Lipinski definition) is 3. The van der Waals surface area contributed by atoms with Crippen molar-refractivity contribution in [2.24, 2.45) is 7.05 Å². The summed E-state index contributed by atoms with van der Waals surface area (Å²) in [5, 5.41) is 27.1. The molecule has 1 unspecified atom stereocenters. The molecule has 1 aliphatic heterocycles. The molecular weight excluding hydrogens is 422 g/mol. The van der Waals surface area contributed by atoms with Gasteiger partial charge in [0.25, 0.3) is 5.91 Å². The van der Waals surface area contributed by atoms with Gasteiger partial charge in [-0.1, -0.05) is 24.3 Å². The lowest BCUT2D eigenvalue weighted by Gasteiger charge is -2.31. The average molecular weight is 447 g/mol. The number of benzene rings is 1. The van der Waals surface area contributed by atoms with Crippen LogP contribution in [-0.4, -0.2) is 60.5 Å². The van der Waals surface area contributed by atoms with E-state index in [2.05, 4.69) is 15.4 Å². The van der Waals surface area contributed by atoms with E-state index in [4.69, 9.17) is 4.74 Å². The van der Waals surface area contributed by atoms with Crippen LogP contribution >= 0.6 is 0 Å². The first-order valence-corrected chi connectivity index (χ1v) is 10.8. The number of amides is 1. The van der Waals surface area contributed by atoms with Gasteiger partial charge >= 0.3 is 0 Å². The van der Waals surface area contributed by atoms with Crippen LogP contribution in [0.5, 0.6) is 0 Å². The van der Waals surface area contributed by atoms with Crippen LogP contribution in [0.25, 0.3) is 22.3 Å². The van der Waals surface area contributed by atoms with Gasteiger partial charge in [-0.3, -0.25) is 14.5 Å². The van der Waals surface area contributed by atoms with Gasteiger partial charge in [0.05, 0.1) is 35.5 Å². The summed E-state index contributed by atoms with van der Waals surface area (Å²) in [5.41, 5.74) is 4.87. The van der Waals surface area contributed by atoms with Crippen molar-refractivity contribution >= 4 is 16.9 Å². The zero-order valence-corrected chi connectivity index (χ0v) is 18.1. The molecule has 4 heterocycles. The average Bonchev–Trinajstić information content (AvgIpc) is 3.41. The molecule has 33 heavy (non-hydrogen) atoms. The highest BCUT2D eigenvalue weighted by molar-refractivity contribution is 6.05. The van der Waals surface area contributed by atoms with Crippen molar-refractivity contribution in [3.05, 3.63) is 72.2 Å². The summed E-state index contributed by atoms with van der Waals surface area (Å²) in [6.07, 6.45) is 3.58. The molecule has 1 aliphatic rings. The fourth-order valence-corrected chi connectivity index (χ4v) is 4.14. The Bertz CT molecular complexity index is 1280. The first-order chi connectivity index (χ1) is 16.0. The largest absolute Gasteiger partial charge is 0.389 e. The smallest absolute Gasteiger partial charge is 0.255 e. The van der Waals surface area contributed by atoms with Crippen LogP contribution in [0.2, 0.25) is 0 Å². The third kappa shape index (κ3) is 4.38. The van der Waals surface area contributed by atoms with Crippen molar-refractivity contribution in [2.75, 3.05) is 6.61 Å². The maximum atomic E-state index is 13.0. The van der Waals surface area contributed by atoms with Crippen molar-refractivity contribution in [2.45, 2.75) is 31.4 Å². The molecule has 1 fully saturated rings. The number of ether oxygens (including phenoxy) is 1. The van der Waals surface area contributed by atoms with Crippen LogP contribution in [0.15, 0.2) is 61.1 Å². The van der Waals surface area contributed by atoms with E-state index in [1.54, 1.807) is 17.1 Å². The SMILES string of the molecule is Cn1ccc(-c2ccc(Cn3cc(C(=O)N[C@H]4CC(O)OC[C@@H]4O)c4ncccc43)cc2)n1. The van der Waals surface area contributed by atoms with E-state index in [0.29, 0.717) is 17.6 Å². The normalized spacial score (nSPS) is 20.8. The van der Waals surface area contributed by atoms with Crippen molar-refractivity contribution in [3.63, 3.8) is 0 Å². The van der Waals surface area contributed by atoms with Crippen LogP contribution in [0.4, 0.5) is 0 Å². The summed E-state index contributed by atoms with van der Waals surface area (Å²) >= 11 is 0. The van der Waals surface area contributed by atoms with E-state index in [0.717, 1.165) is 22.3 Å². The lowest BCUT2D eigenvalue weighted by molar-refractivity contribution is -0.165. The summed E-state index contributed by atoms with van der Waals surface area (Å²) in [4.78, 5) is 17.5. The minimum absolute atomic E-state index is 0.0272. The number of carbonyl (C=O) groups is 1. The molecule has 1 aromatic carbocycles. The first kappa shape index (κ1) is 21.3. The highest BCUT2D eigenvalue weighted by Crippen LogP contribution is 2.23. The second kappa shape index (κ2) is 8.78. The van der Waals surface area contributed by atoms with Crippen LogP contribution < -0.4 is 5.32 Å². The third-order valence-electron chi connectivity index (χ3n) is 5.89. The van der Waals surface area contributed by atoms with Gasteiger partial charge in [-0.15, -0.1) is 0 Å². The summed E-state index contributed by atoms with van der Waals surface area (Å²) in [7, 11) is 1.89. The zero-order valence-electron chi connectivity index (χ0n) is 18.1. The molecule has 170 valence electrons. The Hall–Kier alpha value is -3.53. The highest BCUT2D eigenvalue weighted by Gasteiger charge is 2.31. The number of fused-ring (bicyclic) bond motifs is 1. The van der Waals surface area contributed by atoms with Gasteiger partial charge in [0.15, 0.2) is 6.29 Å². The van der Waals surface area contributed by atoms with Crippen LogP contribution in [0.3, 0.4) is 0 Å². The fourth-order valence-electron chi connectivity index (χ4n) is 4.14. The Labute approximate surface area is 190 Å². The summed E-state index contributed by atoms with van der Waals surface area (Å²) < 4.78 is 8.78. The van der Waals surface area contributed by atoms with Crippen molar-refractivity contribution in [1.82, 2.24) is 24.6 Å². The monoisotopic (exact) mass is 447 g/mol. The summed E-state index contributed by atoms with van der Waals surface area (Å²) in [5.74, 6) is -0.346. The molecule has 3 atom stereocenters. The first-order valence-electron chi connectivity index (χ1n) is 10.8. The number of nitrogens with one attached hydrogen (secondary N) is 1. The molecule has 5 rings (SSSR count). The molecule has 0 radical (unpaired) electrons. The predicted octanol–water partition coefficient (Wildman–Crippen LogP) is 1.68. The number of aliphatic hydroxyl groups excluding tert-OH is 2. The third-order valence-corrected chi connectivity index (χ3v) is 5.89. The van der Waals surface area contributed by atoms with E-state index >= 15 is 0 Å². The fraction of sp³-hybridized carbons (Fsp3) is 0.292. The molecule has 1 amide bonds. The Morgan fingerprint density at radius 1 is 1.21 bits per heavy atom. The zero-order chi connectivity index (χ0) is 22.9. The minimum atomic E-state index is -1.01. The number of aliphatic hydroxyl groups is 2. The number of rotatable bonds is 5. The quantitative estimate of drug-likeness (QED) is 0.429. The maximum Gasteiger partial charge on any atom is 0.255 e. The summed E-state index contributed by atoms with van der Waals surface area (Å²) in [6, 6.07) is 13.3. The van der Waals surface area contributed by atoms with Crippen LogP contribution in [0.1, 0.15) is 22.3 Å². The molecular formula is C24H25N5O4. The molecule has 3 aromatic heterocycles. The molecule has 9 nitrogen and oxygen atoms in total. The number of aromatic nitrogens is 4. The maximum absolute atomic E-state index is 13.0. The summed E-state index contributed by atoms with van der Waals surface area (Å²) in [6.45, 7) is 0.539. The standard InChI is InChI=1S/C24H25N5O4/c1-28-10-8-18(27-28)16-6-4-15(5-7-16)12-29-13-17(23-20(29)3-2-9-25-23)24(32)26-19-11-22(31)33-14-21(19)30/h2-10,13,19,21-22,30-31H,11-12,14H2,1H3,(H,26,32)/t19-,21-,22?/m0/s1. The number of pyridine rings is 1. The van der Waals surface area contributed by atoms with Gasteiger partial charge < -0.3 is 24.8 Å². The van der Waals surface area contributed by atoms with E-state index in [9.17, 15) is 15.0 Å².